The Balaban J connectivity index is 0.00000420. The molecule has 29 heavy (non-hydrogen) atoms. The summed E-state index contributed by atoms with van der Waals surface area (Å²) in [5, 5.41) is 21.8. The Morgan fingerprint density at radius 1 is 1.24 bits per heavy atom. The number of phenols is 1. The lowest BCUT2D eigenvalue weighted by molar-refractivity contribution is 0.0953. The summed E-state index contributed by atoms with van der Waals surface area (Å²) in [4.78, 5) is 21.2. The SMILES string of the molecule is CCNC(=NCc1nc(C(C)C)cs1)NCCCNC(=O)c1cccc(O)c1.I. The van der Waals surface area contributed by atoms with Crippen LogP contribution in [0.4, 0.5) is 0 Å². The van der Waals surface area contributed by atoms with Crippen LogP contribution in [0.2, 0.25) is 0 Å². The lowest BCUT2D eigenvalue weighted by Crippen LogP contribution is -2.38. The van der Waals surface area contributed by atoms with E-state index in [1.54, 1.807) is 23.5 Å². The molecule has 0 bridgehead atoms. The Morgan fingerprint density at radius 3 is 2.66 bits per heavy atom. The van der Waals surface area contributed by atoms with Crippen molar-refractivity contribution >= 4 is 47.2 Å². The van der Waals surface area contributed by atoms with E-state index in [0.29, 0.717) is 31.1 Å². The molecule has 0 aliphatic carbocycles. The number of halogens is 1. The van der Waals surface area contributed by atoms with Crippen LogP contribution in [-0.2, 0) is 6.54 Å². The second kappa shape index (κ2) is 13.4. The van der Waals surface area contributed by atoms with Crippen molar-refractivity contribution < 1.29 is 9.90 Å². The second-order valence-electron chi connectivity index (χ2n) is 6.60. The fourth-order valence-electron chi connectivity index (χ4n) is 2.40. The molecular weight excluding hydrogens is 501 g/mol. The first-order valence-corrected chi connectivity index (χ1v) is 10.4. The lowest BCUT2D eigenvalue weighted by Gasteiger charge is -2.11. The van der Waals surface area contributed by atoms with E-state index in [4.69, 9.17) is 0 Å². The molecular formula is C20H30IN5O2S. The molecule has 0 aliphatic rings. The maximum absolute atomic E-state index is 12.0. The van der Waals surface area contributed by atoms with Gasteiger partial charge in [-0.15, -0.1) is 35.3 Å². The predicted molar refractivity (Wildman–Crippen MR) is 129 cm³/mol. The number of hydrogen-bond acceptors (Lipinski definition) is 5. The Kier molecular flexibility index (Phi) is 11.6. The highest BCUT2D eigenvalue weighted by molar-refractivity contribution is 14.0. The zero-order chi connectivity index (χ0) is 20.4. The van der Waals surface area contributed by atoms with E-state index in [0.717, 1.165) is 29.6 Å². The molecule has 0 fully saturated rings. The molecule has 0 atom stereocenters. The third-order valence-electron chi connectivity index (χ3n) is 3.92. The quantitative estimate of drug-likeness (QED) is 0.172. The molecule has 1 heterocycles. The highest BCUT2D eigenvalue weighted by Crippen LogP contribution is 2.18. The third kappa shape index (κ3) is 8.99. The Bertz CT molecular complexity index is 795. The van der Waals surface area contributed by atoms with E-state index >= 15 is 0 Å². The van der Waals surface area contributed by atoms with Gasteiger partial charge in [0.2, 0.25) is 0 Å². The van der Waals surface area contributed by atoms with E-state index in [2.05, 4.69) is 45.2 Å². The van der Waals surface area contributed by atoms with Crippen LogP contribution in [0.25, 0.3) is 0 Å². The van der Waals surface area contributed by atoms with Crippen molar-refractivity contribution in [3.63, 3.8) is 0 Å². The molecule has 0 radical (unpaired) electrons. The van der Waals surface area contributed by atoms with Crippen molar-refractivity contribution in [3.05, 3.63) is 45.9 Å². The molecule has 1 aromatic carbocycles. The first kappa shape index (κ1) is 25.2. The summed E-state index contributed by atoms with van der Waals surface area (Å²) < 4.78 is 0. The number of aliphatic imine (C=N–C) groups is 1. The Labute approximate surface area is 193 Å². The average molecular weight is 531 g/mol. The summed E-state index contributed by atoms with van der Waals surface area (Å²) in [6.45, 7) is 8.82. The molecule has 0 saturated heterocycles. The molecule has 1 aromatic heterocycles. The minimum absolute atomic E-state index is 0. The topological polar surface area (TPSA) is 98.6 Å². The van der Waals surface area contributed by atoms with Crippen molar-refractivity contribution in [2.45, 2.75) is 39.7 Å². The van der Waals surface area contributed by atoms with Crippen molar-refractivity contribution in [1.29, 1.82) is 0 Å². The monoisotopic (exact) mass is 531 g/mol. The summed E-state index contributed by atoms with van der Waals surface area (Å²) >= 11 is 1.63. The highest BCUT2D eigenvalue weighted by atomic mass is 127. The maximum Gasteiger partial charge on any atom is 0.251 e. The van der Waals surface area contributed by atoms with E-state index in [1.165, 1.54) is 12.1 Å². The number of nitrogens with zero attached hydrogens (tertiary/aromatic N) is 2. The Morgan fingerprint density at radius 2 is 2.00 bits per heavy atom. The molecule has 0 spiro atoms. The van der Waals surface area contributed by atoms with Gasteiger partial charge in [0, 0.05) is 30.6 Å². The van der Waals surface area contributed by atoms with E-state index in [9.17, 15) is 9.90 Å². The van der Waals surface area contributed by atoms with E-state index < -0.39 is 0 Å². The van der Waals surface area contributed by atoms with Crippen LogP contribution in [-0.4, -0.2) is 41.6 Å². The van der Waals surface area contributed by atoms with Gasteiger partial charge in [-0.1, -0.05) is 19.9 Å². The molecule has 9 heteroatoms. The van der Waals surface area contributed by atoms with Gasteiger partial charge < -0.3 is 21.1 Å². The molecule has 0 unspecified atom stereocenters. The van der Waals surface area contributed by atoms with Crippen molar-refractivity contribution in [1.82, 2.24) is 20.9 Å². The summed E-state index contributed by atoms with van der Waals surface area (Å²) in [5.74, 6) is 1.06. The van der Waals surface area contributed by atoms with Gasteiger partial charge in [0.05, 0.1) is 12.2 Å². The highest BCUT2D eigenvalue weighted by Gasteiger charge is 2.07. The number of guanidine groups is 1. The van der Waals surface area contributed by atoms with Crippen LogP contribution in [0.5, 0.6) is 5.75 Å². The normalized spacial score (nSPS) is 11.1. The molecule has 2 aromatic rings. The van der Waals surface area contributed by atoms with Gasteiger partial charge in [0.1, 0.15) is 10.8 Å². The molecule has 7 nitrogen and oxygen atoms in total. The number of aromatic hydroxyl groups is 1. The average Bonchev–Trinajstić information content (AvgIpc) is 3.15. The zero-order valence-corrected chi connectivity index (χ0v) is 20.2. The maximum atomic E-state index is 12.0. The second-order valence-corrected chi connectivity index (χ2v) is 7.55. The standard InChI is InChI=1S/C20H29N5O2S.HI/c1-4-21-20(24-12-18-25-17(13-28-18)14(2)3)23-10-6-9-22-19(27)15-7-5-8-16(26)11-15;/h5,7-8,11,13-14,26H,4,6,9-10,12H2,1-3H3,(H,22,27)(H2,21,23,24);1H. The van der Waals surface area contributed by atoms with Crippen LogP contribution in [0.3, 0.4) is 0 Å². The van der Waals surface area contributed by atoms with E-state index in [-0.39, 0.29) is 35.6 Å². The van der Waals surface area contributed by atoms with Crippen LogP contribution in [0.1, 0.15) is 54.2 Å². The number of carbonyl (C=O) groups is 1. The van der Waals surface area contributed by atoms with Gasteiger partial charge in [0.25, 0.3) is 5.91 Å². The zero-order valence-electron chi connectivity index (χ0n) is 17.1. The fourth-order valence-corrected chi connectivity index (χ4v) is 3.28. The Hall–Kier alpha value is -1.88. The van der Waals surface area contributed by atoms with Crippen molar-refractivity contribution in [2.24, 2.45) is 4.99 Å². The summed E-state index contributed by atoms with van der Waals surface area (Å²) in [6, 6.07) is 6.31. The number of carbonyl (C=O) groups excluding carboxylic acids is 1. The smallest absolute Gasteiger partial charge is 0.251 e. The van der Waals surface area contributed by atoms with Crippen molar-refractivity contribution in [2.75, 3.05) is 19.6 Å². The number of phenolic OH excluding ortho intramolecular Hbond substituents is 1. The number of thiazole rings is 1. The van der Waals surface area contributed by atoms with E-state index in [1.807, 2.05) is 6.92 Å². The molecule has 1 amide bonds. The van der Waals surface area contributed by atoms with Crippen molar-refractivity contribution in [3.8, 4) is 5.75 Å². The first-order chi connectivity index (χ1) is 13.5. The predicted octanol–water partition coefficient (Wildman–Crippen LogP) is 3.47. The molecule has 4 N–H and O–H groups in total. The lowest BCUT2D eigenvalue weighted by atomic mass is 10.2. The number of benzene rings is 1. The molecule has 2 rings (SSSR count). The summed E-state index contributed by atoms with van der Waals surface area (Å²) in [5.41, 5.74) is 1.56. The summed E-state index contributed by atoms with van der Waals surface area (Å²) in [6.07, 6.45) is 0.754. The number of nitrogens with one attached hydrogen (secondary N) is 3. The molecule has 160 valence electrons. The third-order valence-corrected chi connectivity index (χ3v) is 4.77. The van der Waals surface area contributed by atoms with Gasteiger partial charge in [-0.3, -0.25) is 4.79 Å². The van der Waals surface area contributed by atoms with Crippen LogP contribution >= 0.6 is 35.3 Å². The van der Waals surface area contributed by atoms with Gasteiger partial charge in [-0.05, 0) is 37.5 Å². The van der Waals surface area contributed by atoms with Gasteiger partial charge >= 0.3 is 0 Å². The minimum Gasteiger partial charge on any atom is -0.508 e. The van der Waals surface area contributed by atoms with Crippen LogP contribution in [0.15, 0.2) is 34.6 Å². The number of hydrogen-bond donors (Lipinski definition) is 4. The van der Waals surface area contributed by atoms with Gasteiger partial charge in [0.15, 0.2) is 5.96 Å². The number of amides is 1. The van der Waals surface area contributed by atoms with Gasteiger partial charge in [-0.25, -0.2) is 9.98 Å². The molecule has 0 saturated carbocycles. The van der Waals surface area contributed by atoms with Crippen LogP contribution in [0, 0.1) is 0 Å². The fraction of sp³-hybridized carbons (Fsp3) is 0.450. The minimum atomic E-state index is -0.193. The first-order valence-electron chi connectivity index (χ1n) is 9.53. The molecule has 0 aliphatic heterocycles. The largest absolute Gasteiger partial charge is 0.508 e. The van der Waals surface area contributed by atoms with Gasteiger partial charge in [-0.2, -0.15) is 0 Å². The summed E-state index contributed by atoms with van der Waals surface area (Å²) in [7, 11) is 0. The number of rotatable bonds is 9. The van der Waals surface area contributed by atoms with Crippen LogP contribution < -0.4 is 16.0 Å². The number of aromatic nitrogens is 1.